The number of carbonyl (C=O) groups excluding carboxylic acids is 2. The first-order valence-electron chi connectivity index (χ1n) is 11.5. The number of amides is 2. The fourth-order valence-electron chi connectivity index (χ4n) is 3.20. The molecule has 0 atom stereocenters. The third-order valence-electron chi connectivity index (χ3n) is 4.91. The molecule has 3 aromatic carbocycles. The molecular formula is C27H29N3O5S. The van der Waals surface area contributed by atoms with Crippen LogP contribution in [0.4, 0.5) is 5.69 Å². The molecule has 0 saturated carbocycles. The van der Waals surface area contributed by atoms with Gasteiger partial charge in [-0.15, -0.1) is 0 Å². The van der Waals surface area contributed by atoms with Gasteiger partial charge in [-0.25, -0.2) is 0 Å². The summed E-state index contributed by atoms with van der Waals surface area (Å²) in [5, 5.41) is 8.53. The second-order valence-electron chi connectivity index (χ2n) is 7.60. The van der Waals surface area contributed by atoms with E-state index in [1.807, 2.05) is 30.3 Å². The molecule has 0 unspecified atom stereocenters. The minimum absolute atomic E-state index is 0.0971. The van der Waals surface area contributed by atoms with Crippen LogP contribution in [-0.2, 0) is 4.74 Å². The average molecular weight is 508 g/mol. The van der Waals surface area contributed by atoms with Crippen LogP contribution in [0.2, 0.25) is 0 Å². The fraction of sp³-hybridized carbons (Fsp3) is 0.222. The Hall–Kier alpha value is -3.95. The van der Waals surface area contributed by atoms with Crippen molar-refractivity contribution >= 4 is 34.8 Å². The molecule has 0 aliphatic carbocycles. The fourth-order valence-corrected chi connectivity index (χ4v) is 3.41. The Labute approximate surface area is 216 Å². The van der Waals surface area contributed by atoms with Crippen LogP contribution in [0.3, 0.4) is 0 Å². The van der Waals surface area contributed by atoms with Crippen LogP contribution in [0.25, 0.3) is 0 Å². The van der Waals surface area contributed by atoms with Crippen LogP contribution in [0, 0.1) is 0 Å². The molecule has 0 aromatic heterocycles. The summed E-state index contributed by atoms with van der Waals surface area (Å²) in [5.74, 6) is 0.545. The van der Waals surface area contributed by atoms with Gasteiger partial charge in [-0.1, -0.05) is 36.4 Å². The predicted octanol–water partition coefficient (Wildman–Crippen LogP) is 4.04. The van der Waals surface area contributed by atoms with Crippen LogP contribution >= 0.6 is 12.2 Å². The second-order valence-corrected chi connectivity index (χ2v) is 8.01. The number of rotatable bonds is 12. The monoisotopic (exact) mass is 507 g/mol. The number of carbonyl (C=O) groups is 2. The zero-order chi connectivity index (χ0) is 25.6. The van der Waals surface area contributed by atoms with Gasteiger partial charge < -0.3 is 24.8 Å². The van der Waals surface area contributed by atoms with Crippen molar-refractivity contribution in [3.8, 4) is 11.5 Å². The van der Waals surface area contributed by atoms with E-state index in [0.717, 1.165) is 12.2 Å². The van der Waals surface area contributed by atoms with E-state index >= 15 is 0 Å². The summed E-state index contributed by atoms with van der Waals surface area (Å²) in [6.07, 6.45) is 0.724. The lowest BCUT2D eigenvalue weighted by atomic mass is 10.2. The van der Waals surface area contributed by atoms with E-state index in [1.165, 1.54) is 0 Å². The van der Waals surface area contributed by atoms with E-state index in [9.17, 15) is 9.59 Å². The van der Waals surface area contributed by atoms with E-state index in [0.29, 0.717) is 42.3 Å². The molecule has 8 nitrogen and oxygen atoms in total. The summed E-state index contributed by atoms with van der Waals surface area (Å²) in [4.78, 5) is 25.2. The Morgan fingerprint density at radius 3 is 2.39 bits per heavy atom. The lowest BCUT2D eigenvalue weighted by Gasteiger charge is -2.14. The number of hydrogen-bond acceptors (Lipinski definition) is 6. The average Bonchev–Trinajstić information content (AvgIpc) is 2.90. The molecule has 0 bridgehead atoms. The standard InChI is InChI=1S/C27H29N3O5S/c1-33-16-8-15-28-25(31)20-9-7-10-21(19-20)29-27(36)30-26(32)23-13-5-6-14-24(23)35-18-17-34-22-11-3-2-4-12-22/h2-7,9-14,19H,8,15-18H2,1H3,(H,28,31)(H2,29,30,32,36). The van der Waals surface area contributed by atoms with Crippen LogP contribution in [0.15, 0.2) is 78.9 Å². The molecule has 0 spiro atoms. The van der Waals surface area contributed by atoms with Crippen LogP contribution < -0.4 is 25.4 Å². The Bertz CT molecular complexity index is 1160. The molecule has 188 valence electrons. The van der Waals surface area contributed by atoms with Gasteiger partial charge in [-0.2, -0.15) is 0 Å². The van der Waals surface area contributed by atoms with Crippen molar-refractivity contribution in [3.05, 3.63) is 90.0 Å². The highest BCUT2D eigenvalue weighted by Gasteiger charge is 2.14. The molecule has 0 radical (unpaired) electrons. The number of para-hydroxylation sites is 2. The van der Waals surface area contributed by atoms with Gasteiger partial charge in [0.25, 0.3) is 11.8 Å². The smallest absolute Gasteiger partial charge is 0.261 e. The van der Waals surface area contributed by atoms with Crippen LogP contribution in [-0.4, -0.2) is 50.4 Å². The van der Waals surface area contributed by atoms with Gasteiger partial charge in [-0.05, 0) is 61.1 Å². The molecular weight excluding hydrogens is 478 g/mol. The lowest BCUT2D eigenvalue weighted by molar-refractivity contribution is 0.0945. The Morgan fingerprint density at radius 1 is 0.833 bits per heavy atom. The molecule has 0 saturated heterocycles. The highest BCUT2D eigenvalue weighted by atomic mass is 32.1. The molecule has 0 aliphatic heterocycles. The first-order chi connectivity index (χ1) is 17.6. The van der Waals surface area contributed by atoms with Gasteiger partial charge in [0.1, 0.15) is 24.7 Å². The first kappa shape index (κ1) is 26.7. The van der Waals surface area contributed by atoms with Gasteiger partial charge >= 0.3 is 0 Å². The zero-order valence-electron chi connectivity index (χ0n) is 20.0. The highest BCUT2D eigenvalue weighted by Crippen LogP contribution is 2.18. The molecule has 0 aliphatic rings. The minimum Gasteiger partial charge on any atom is -0.490 e. The molecule has 3 aromatic rings. The normalized spacial score (nSPS) is 10.2. The summed E-state index contributed by atoms with van der Waals surface area (Å²) in [7, 11) is 1.62. The van der Waals surface area contributed by atoms with Crippen molar-refractivity contribution in [1.29, 1.82) is 0 Å². The maximum Gasteiger partial charge on any atom is 0.261 e. The van der Waals surface area contributed by atoms with Crippen molar-refractivity contribution in [3.63, 3.8) is 0 Å². The number of ether oxygens (including phenoxy) is 3. The van der Waals surface area contributed by atoms with Gasteiger partial charge in [0.2, 0.25) is 0 Å². The summed E-state index contributed by atoms with van der Waals surface area (Å²) >= 11 is 5.31. The quantitative estimate of drug-likeness (QED) is 0.251. The molecule has 0 heterocycles. The van der Waals surface area contributed by atoms with Gasteiger partial charge in [0.05, 0.1) is 5.56 Å². The minimum atomic E-state index is -0.417. The summed E-state index contributed by atoms with van der Waals surface area (Å²) in [6.45, 7) is 1.68. The molecule has 9 heteroatoms. The van der Waals surface area contributed by atoms with Gasteiger partial charge in [-0.3, -0.25) is 14.9 Å². The summed E-state index contributed by atoms with van der Waals surface area (Å²) < 4.78 is 16.4. The van der Waals surface area contributed by atoms with Crippen molar-refractivity contribution < 1.29 is 23.8 Å². The molecule has 0 fully saturated rings. The summed E-state index contributed by atoms with van der Waals surface area (Å²) in [5.41, 5.74) is 1.39. The lowest BCUT2D eigenvalue weighted by Crippen LogP contribution is -2.34. The van der Waals surface area contributed by atoms with E-state index < -0.39 is 5.91 Å². The van der Waals surface area contributed by atoms with E-state index in [-0.39, 0.29) is 17.6 Å². The van der Waals surface area contributed by atoms with E-state index in [4.69, 9.17) is 26.4 Å². The topological polar surface area (TPSA) is 97.9 Å². The van der Waals surface area contributed by atoms with Gasteiger partial charge in [0, 0.05) is 31.5 Å². The summed E-state index contributed by atoms with van der Waals surface area (Å²) in [6, 6.07) is 23.2. The number of thiocarbonyl (C=S) groups is 1. The molecule has 2 amide bonds. The zero-order valence-corrected chi connectivity index (χ0v) is 20.8. The molecule has 3 rings (SSSR count). The largest absolute Gasteiger partial charge is 0.490 e. The number of hydrogen-bond donors (Lipinski definition) is 3. The number of anilines is 1. The number of benzene rings is 3. The van der Waals surface area contributed by atoms with E-state index in [2.05, 4.69) is 16.0 Å². The Balaban J connectivity index is 1.51. The third-order valence-corrected chi connectivity index (χ3v) is 5.11. The second kappa shape index (κ2) is 14.4. The number of methoxy groups -OCH3 is 1. The molecule has 3 N–H and O–H groups in total. The van der Waals surface area contributed by atoms with E-state index in [1.54, 1.807) is 55.6 Å². The van der Waals surface area contributed by atoms with Crippen LogP contribution in [0.1, 0.15) is 27.1 Å². The highest BCUT2D eigenvalue weighted by molar-refractivity contribution is 7.80. The first-order valence-corrected chi connectivity index (χ1v) is 11.9. The maximum absolute atomic E-state index is 12.8. The Morgan fingerprint density at radius 2 is 1.58 bits per heavy atom. The number of nitrogens with one attached hydrogen (secondary N) is 3. The van der Waals surface area contributed by atoms with Crippen molar-refractivity contribution in [2.45, 2.75) is 6.42 Å². The molecule has 36 heavy (non-hydrogen) atoms. The van der Waals surface area contributed by atoms with Crippen molar-refractivity contribution in [2.75, 3.05) is 38.8 Å². The third kappa shape index (κ3) is 8.68. The van der Waals surface area contributed by atoms with Crippen molar-refractivity contribution in [1.82, 2.24) is 10.6 Å². The SMILES string of the molecule is COCCCNC(=O)c1cccc(NC(=S)NC(=O)c2ccccc2OCCOc2ccccc2)c1. The van der Waals surface area contributed by atoms with Crippen molar-refractivity contribution in [2.24, 2.45) is 0 Å². The van der Waals surface area contributed by atoms with Gasteiger partial charge in [0.15, 0.2) is 5.11 Å². The Kier molecular flexibility index (Phi) is 10.7. The maximum atomic E-state index is 12.8. The van der Waals surface area contributed by atoms with Crippen LogP contribution in [0.5, 0.6) is 11.5 Å². The predicted molar refractivity (Wildman–Crippen MR) is 143 cm³/mol.